The second-order valence-electron chi connectivity index (χ2n) is 5.20. The summed E-state index contributed by atoms with van der Waals surface area (Å²) < 4.78 is 13.7. The molecule has 0 aromatic heterocycles. The second-order valence-corrected chi connectivity index (χ2v) is 5.20. The zero-order valence-electron chi connectivity index (χ0n) is 11.9. The minimum atomic E-state index is -0.608. The number of halogens is 1. The molecule has 1 aromatic rings. The van der Waals surface area contributed by atoms with Crippen molar-refractivity contribution in [3.05, 3.63) is 35.1 Å². The third kappa shape index (κ3) is 4.99. The fourth-order valence-corrected chi connectivity index (χ4v) is 1.98. The minimum Gasteiger partial charge on any atom is -0.366 e. The van der Waals surface area contributed by atoms with Gasteiger partial charge in [0.1, 0.15) is 5.82 Å². The molecule has 2 unspecified atom stereocenters. The first kappa shape index (κ1) is 15.6. The van der Waals surface area contributed by atoms with Gasteiger partial charge >= 0.3 is 0 Å². The summed E-state index contributed by atoms with van der Waals surface area (Å²) in [6.45, 7) is 6.93. The number of carbonyl (C=O) groups is 1. The van der Waals surface area contributed by atoms with Gasteiger partial charge in [-0.1, -0.05) is 26.3 Å². The van der Waals surface area contributed by atoms with Crippen molar-refractivity contribution < 1.29 is 9.18 Å². The Morgan fingerprint density at radius 1 is 1.42 bits per heavy atom. The van der Waals surface area contributed by atoms with E-state index in [1.54, 1.807) is 12.1 Å². The van der Waals surface area contributed by atoms with E-state index in [-0.39, 0.29) is 11.4 Å². The highest BCUT2D eigenvalue weighted by Gasteiger charge is 2.10. The summed E-state index contributed by atoms with van der Waals surface area (Å²) in [4.78, 5) is 10.9. The minimum absolute atomic E-state index is 0.203. The molecule has 1 aromatic carbocycles. The molecule has 3 nitrogen and oxygen atoms in total. The number of primary amides is 1. The number of rotatable bonds is 7. The van der Waals surface area contributed by atoms with Gasteiger partial charge in [-0.3, -0.25) is 4.79 Å². The Hall–Kier alpha value is -1.42. The highest BCUT2D eigenvalue weighted by molar-refractivity contribution is 5.92. The van der Waals surface area contributed by atoms with Crippen molar-refractivity contribution >= 4 is 5.91 Å². The molecule has 1 amide bonds. The SMILES string of the molecule is CCC(C)CC(C)NCc1ccc(C(N)=O)cc1F. The summed E-state index contributed by atoms with van der Waals surface area (Å²) in [6.07, 6.45) is 2.21. The molecule has 0 aliphatic rings. The molecule has 0 aliphatic heterocycles. The summed E-state index contributed by atoms with van der Waals surface area (Å²) in [7, 11) is 0. The van der Waals surface area contributed by atoms with Crippen LogP contribution in [-0.2, 0) is 6.54 Å². The summed E-state index contributed by atoms with van der Waals surface area (Å²) in [5.41, 5.74) is 5.86. The second kappa shape index (κ2) is 7.24. The number of carbonyl (C=O) groups excluding carboxylic acids is 1. The standard InChI is InChI=1S/C15H23FN2O/c1-4-10(2)7-11(3)18-9-13-6-5-12(15(17)19)8-14(13)16/h5-6,8,10-11,18H,4,7,9H2,1-3H3,(H2,17,19). The maximum absolute atomic E-state index is 13.7. The van der Waals surface area contributed by atoms with E-state index in [4.69, 9.17) is 5.73 Å². The van der Waals surface area contributed by atoms with Crippen molar-refractivity contribution in [3.8, 4) is 0 Å². The molecule has 0 radical (unpaired) electrons. The highest BCUT2D eigenvalue weighted by Crippen LogP contribution is 2.13. The fourth-order valence-electron chi connectivity index (χ4n) is 1.98. The summed E-state index contributed by atoms with van der Waals surface area (Å²) in [5, 5.41) is 3.30. The number of nitrogens with one attached hydrogen (secondary N) is 1. The molecular weight excluding hydrogens is 243 g/mol. The summed E-state index contributed by atoms with van der Waals surface area (Å²) in [6, 6.07) is 4.70. The first-order chi connectivity index (χ1) is 8.93. The van der Waals surface area contributed by atoms with Crippen molar-refractivity contribution in [2.45, 2.75) is 46.2 Å². The Labute approximate surface area is 114 Å². The molecule has 19 heavy (non-hydrogen) atoms. The normalized spacial score (nSPS) is 14.1. The predicted molar refractivity (Wildman–Crippen MR) is 75.3 cm³/mol. The van der Waals surface area contributed by atoms with E-state index in [2.05, 4.69) is 26.1 Å². The average molecular weight is 266 g/mol. The van der Waals surface area contributed by atoms with Crippen molar-refractivity contribution in [2.75, 3.05) is 0 Å². The predicted octanol–water partition coefficient (Wildman–Crippen LogP) is 2.84. The van der Waals surface area contributed by atoms with Gasteiger partial charge in [-0.2, -0.15) is 0 Å². The van der Waals surface area contributed by atoms with Crippen molar-refractivity contribution in [3.63, 3.8) is 0 Å². The average Bonchev–Trinajstić information content (AvgIpc) is 2.36. The Morgan fingerprint density at radius 2 is 2.11 bits per heavy atom. The molecule has 0 saturated carbocycles. The van der Waals surface area contributed by atoms with Crippen LogP contribution in [0.15, 0.2) is 18.2 Å². The van der Waals surface area contributed by atoms with Gasteiger partial charge in [0.05, 0.1) is 0 Å². The van der Waals surface area contributed by atoms with E-state index in [1.807, 2.05) is 0 Å². The Balaban J connectivity index is 2.56. The zero-order chi connectivity index (χ0) is 14.4. The Bertz CT molecular complexity index is 434. The molecule has 0 bridgehead atoms. The molecule has 1 rings (SSSR count). The van der Waals surface area contributed by atoms with Gasteiger partial charge in [0, 0.05) is 23.7 Å². The molecular formula is C15H23FN2O. The lowest BCUT2D eigenvalue weighted by molar-refractivity contribution is 0.1000. The molecule has 106 valence electrons. The van der Waals surface area contributed by atoms with Gasteiger partial charge < -0.3 is 11.1 Å². The molecule has 2 atom stereocenters. The first-order valence-corrected chi connectivity index (χ1v) is 6.75. The van der Waals surface area contributed by atoms with Gasteiger partial charge in [0.25, 0.3) is 0 Å². The zero-order valence-corrected chi connectivity index (χ0v) is 11.9. The maximum Gasteiger partial charge on any atom is 0.248 e. The number of nitrogens with two attached hydrogens (primary N) is 1. The molecule has 0 aliphatic carbocycles. The van der Waals surface area contributed by atoms with Gasteiger partial charge in [0.2, 0.25) is 5.91 Å². The summed E-state index contributed by atoms with van der Waals surface area (Å²) >= 11 is 0. The van der Waals surface area contributed by atoms with E-state index in [0.29, 0.717) is 24.1 Å². The molecule has 0 saturated heterocycles. The van der Waals surface area contributed by atoms with Crippen LogP contribution < -0.4 is 11.1 Å². The summed E-state index contributed by atoms with van der Waals surface area (Å²) in [5.74, 6) is -0.340. The lowest BCUT2D eigenvalue weighted by Gasteiger charge is -2.17. The third-order valence-corrected chi connectivity index (χ3v) is 3.43. The van der Waals surface area contributed by atoms with E-state index in [9.17, 15) is 9.18 Å². The largest absolute Gasteiger partial charge is 0.366 e. The Morgan fingerprint density at radius 3 is 2.63 bits per heavy atom. The van der Waals surface area contributed by atoms with E-state index < -0.39 is 5.91 Å². The number of hydrogen-bond donors (Lipinski definition) is 2. The molecule has 0 heterocycles. The third-order valence-electron chi connectivity index (χ3n) is 3.43. The molecule has 3 N–H and O–H groups in total. The van der Waals surface area contributed by atoms with Crippen molar-refractivity contribution in [1.82, 2.24) is 5.32 Å². The maximum atomic E-state index is 13.7. The van der Waals surface area contributed by atoms with Crippen LogP contribution >= 0.6 is 0 Å². The Kier molecular flexibility index (Phi) is 5.96. The van der Waals surface area contributed by atoms with Crippen LogP contribution in [0.1, 0.15) is 49.5 Å². The smallest absolute Gasteiger partial charge is 0.248 e. The van der Waals surface area contributed by atoms with Gasteiger partial charge in [0.15, 0.2) is 0 Å². The quantitative estimate of drug-likeness (QED) is 0.797. The van der Waals surface area contributed by atoms with Crippen LogP contribution in [0.3, 0.4) is 0 Å². The monoisotopic (exact) mass is 266 g/mol. The number of benzene rings is 1. The van der Waals surface area contributed by atoms with Gasteiger partial charge in [-0.15, -0.1) is 0 Å². The number of hydrogen-bond acceptors (Lipinski definition) is 2. The van der Waals surface area contributed by atoms with Crippen LogP contribution in [0.4, 0.5) is 4.39 Å². The molecule has 4 heteroatoms. The van der Waals surface area contributed by atoms with Gasteiger partial charge in [-0.25, -0.2) is 4.39 Å². The molecule has 0 fully saturated rings. The lowest BCUT2D eigenvalue weighted by atomic mass is 10.00. The highest BCUT2D eigenvalue weighted by atomic mass is 19.1. The van der Waals surface area contributed by atoms with Crippen LogP contribution in [0.2, 0.25) is 0 Å². The van der Waals surface area contributed by atoms with Crippen molar-refractivity contribution in [1.29, 1.82) is 0 Å². The van der Waals surface area contributed by atoms with Crippen molar-refractivity contribution in [2.24, 2.45) is 11.7 Å². The van der Waals surface area contributed by atoms with E-state index in [0.717, 1.165) is 12.8 Å². The van der Waals surface area contributed by atoms with Crippen LogP contribution in [-0.4, -0.2) is 11.9 Å². The van der Waals surface area contributed by atoms with Crippen LogP contribution in [0.5, 0.6) is 0 Å². The fraction of sp³-hybridized carbons (Fsp3) is 0.533. The van der Waals surface area contributed by atoms with Crippen LogP contribution in [0, 0.1) is 11.7 Å². The lowest BCUT2D eigenvalue weighted by Crippen LogP contribution is -2.27. The van der Waals surface area contributed by atoms with Crippen LogP contribution in [0.25, 0.3) is 0 Å². The van der Waals surface area contributed by atoms with E-state index in [1.165, 1.54) is 6.07 Å². The number of amides is 1. The van der Waals surface area contributed by atoms with Gasteiger partial charge in [-0.05, 0) is 31.4 Å². The first-order valence-electron chi connectivity index (χ1n) is 6.75. The molecule has 0 spiro atoms. The topological polar surface area (TPSA) is 55.1 Å². The van der Waals surface area contributed by atoms with E-state index >= 15 is 0 Å².